The highest BCUT2D eigenvalue weighted by Crippen LogP contribution is 2.12. The van der Waals surface area contributed by atoms with Crippen molar-refractivity contribution < 1.29 is 28.7 Å². The maximum absolute atomic E-state index is 13.8. The van der Waals surface area contributed by atoms with Gasteiger partial charge in [0, 0.05) is 32.6 Å². The van der Waals surface area contributed by atoms with Crippen LogP contribution in [0.2, 0.25) is 0 Å². The van der Waals surface area contributed by atoms with Gasteiger partial charge in [0.15, 0.2) is 0 Å². The third-order valence-corrected chi connectivity index (χ3v) is 6.65. The van der Waals surface area contributed by atoms with Crippen LogP contribution in [-0.2, 0) is 38.8 Å². The molecule has 0 saturated carbocycles. The van der Waals surface area contributed by atoms with Crippen LogP contribution in [0.5, 0.6) is 0 Å². The first kappa shape index (κ1) is 33.5. The minimum absolute atomic E-state index is 0.0207. The molecule has 0 atom stereocenters. The molecule has 5 amide bonds. The number of alkyl carbamates (subject to hydrolysis) is 1. The Morgan fingerprint density at radius 3 is 1.91 bits per heavy atom. The van der Waals surface area contributed by atoms with Gasteiger partial charge in [0.25, 0.3) is 5.91 Å². The van der Waals surface area contributed by atoms with E-state index in [1.807, 2.05) is 80.6 Å². The van der Waals surface area contributed by atoms with Gasteiger partial charge in [0.1, 0.15) is 6.61 Å². The first-order valence-corrected chi connectivity index (χ1v) is 14.7. The normalized spacial score (nSPS) is 10.5. The summed E-state index contributed by atoms with van der Waals surface area (Å²) in [6.07, 6.45) is -0.302. The van der Waals surface area contributed by atoms with Gasteiger partial charge in [-0.2, -0.15) is 0 Å². The van der Waals surface area contributed by atoms with Gasteiger partial charge in [-0.15, -0.1) is 0 Å². The number of nitrogens with zero attached hydrogens (tertiary/aromatic N) is 2. The van der Waals surface area contributed by atoms with E-state index in [4.69, 9.17) is 4.74 Å². The summed E-state index contributed by atoms with van der Waals surface area (Å²) in [5.74, 6) is -1.95. The predicted octanol–water partition coefficient (Wildman–Crippen LogP) is 4.69. The van der Waals surface area contributed by atoms with Gasteiger partial charge in [-0.1, -0.05) is 105 Å². The number of Topliss-reactive ketones (excluding diaryl/α,β-unsaturated/α-hetero) is 1. The first-order chi connectivity index (χ1) is 21.2. The van der Waals surface area contributed by atoms with Crippen LogP contribution in [-0.4, -0.2) is 59.2 Å². The summed E-state index contributed by atoms with van der Waals surface area (Å²) in [7, 11) is 0. The van der Waals surface area contributed by atoms with E-state index < -0.39 is 36.3 Å². The number of imide groups is 1. The van der Waals surface area contributed by atoms with E-state index in [0.717, 1.165) is 21.6 Å². The van der Waals surface area contributed by atoms with Gasteiger partial charge in [-0.3, -0.25) is 19.3 Å². The molecule has 3 aromatic rings. The molecular weight excluding hydrogens is 560 g/mol. The van der Waals surface area contributed by atoms with E-state index >= 15 is 0 Å². The van der Waals surface area contributed by atoms with Crippen LogP contribution in [0.1, 0.15) is 43.4 Å². The SMILES string of the molecule is CC(C)CCN(C(=O)CCNC(=O)OCc1ccccc1)C(=O)N(CC(=O)C(=O)NCc1ccccc1)Cc1ccccc1. The lowest BCUT2D eigenvalue weighted by molar-refractivity contribution is -0.138. The molecule has 0 radical (unpaired) electrons. The Morgan fingerprint density at radius 2 is 1.32 bits per heavy atom. The molecule has 0 fully saturated rings. The molecule has 2 N–H and O–H groups in total. The van der Waals surface area contributed by atoms with Crippen molar-refractivity contribution in [3.63, 3.8) is 0 Å². The monoisotopic (exact) mass is 600 g/mol. The molecule has 0 unspecified atom stereocenters. The molecule has 232 valence electrons. The molecular formula is C34H40N4O6. The number of nitrogens with one attached hydrogen (secondary N) is 2. The van der Waals surface area contributed by atoms with Crippen LogP contribution < -0.4 is 10.6 Å². The van der Waals surface area contributed by atoms with Gasteiger partial charge >= 0.3 is 12.1 Å². The second kappa shape index (κ2) is 17.8. The van der Waals surface area contributed by atoms with Crippen LogP contribution in [0.25, 0.3) is 0 Å². The number of rotatable bonds is 15. The molecule has 0 aliphatic carbocycles. The Bertz CT molecular complexity index is 1370. The van der Waals surface area contributed by atoms with Crippen molar-refractivity contribution in [1.29, 1.82) is 0 Å². The topological polar surface area (TPSA) is 125 Å². The van der Waals surface area contributed by atoms with Crippen LogP contribution in [0.15, 0.2) is 91.0 Å². The second-order valence-corrected chi connectivity index (χ2v) is 10.7. The third-order valence-electron chi connectivity index (χ3n) is 6.65. The number of ketones is 1. The molecule has 0 spiro atoms. The van der Waals surface area contributed by atoms with Crippen LogP contribution in [0, 0.1) is 5.92 Å². The van der Waals surface area contributed by atoms with Crippen molar-refractivity contribution in [3.8, 4) is 0 Å². The average molecular weight is 601 g/mol. The third kappa shape index (κ3) is 11.7. The Morgan fingerprint density at radius 1 is 0.750 bits per heavy atom. The number of carbonyl (C=O) groups excluding carboxylic acids is 5. The lowest BCUT2D eigenvalue weighted by Gasteiger charge is -2.30. The second-order valence-electron chi connectivity index (χ2n) is 10.7. The standard InChI is InChI=1S/C34H40N4O6/c1-26(2)19-21-38(31(40)18-20-35-33(42)44-25-29-16-10-5-11-17-29)34(43)37(23-28-14-8-4-9-15-28)24-30(39)32(41)36-22-27-12-6-3-7-13-27/h3-17,26H,18-25H2,1-2H3,(H,35,42)(H,36,41). The van der Waals surface area contributed by atoms with Crippen molar-refractivity contribution in [2.45, 2.75) is 46.4 Å². The molecule has 0 heterocycles. The number of hydrogen-bond acceptors (Lipinski definition) is 6. The fraction of sp³-hybridized carbons (Fsp3) is 0.324. The summed E-state index contributed by atoms with van der Waals surface area (Å²) in [5.41, 5.74) is 2.39. The van der Waals surface area contributed by atoms with Crippen molar-refractivity contribution in [2.24, 2.45) is 5.92 Å². The number of benzene rings is 3. The zero-order valence-electron chi connectivity index (χ0n) is 25.2. The fourth-order valence-corrected chi connectivity index (χ4v) is 4.18. The smallest absolute Gasteiger partial charge is 0.407 e. The number of amides is 5. The van der Waals surface area contributed by atoms with Crippen LogP contribution >= 0.6 is 0 Å². The van der Waals surface area contributed by atoms with E-state index in [1.165, 1.54) is 4.90 Å². The summed E-state index contributed by atoms with van der Waals surface area (Å²) in [4.78, 5) is 67.2. The van der Waals surface area contributed by atoms with Gasteiger partial charge < -0.3 is 20.3 Å². The lowest BCUT2D eigenvalue weighted by atomic mass is 10.1. The van der Waals surface area contributed by atoms with Crippen LogP contribution in [0.4, 0.5) is 9.59 Å². The van der Waals surface area contributed by atoms with Gasteiger partial charge in [0.2, 0.25) is 11.7 Å². The van der Waals surface area contributed by atoms with Gasteiger partial charge in [-0.05, 0) is 29.0 Å². The van der Waals surface area contributed by atoms with Crippen LogP contribution in [0.3, 0.4) is 0 Å². The Balaban J connectivity index is 1.66. The molecule has 3 rings (SSSR count). The van der Waals surface area contributed by atoms with E-state index in [9.17, 15) is 24.0 Å². The predicted molar refractivity (Wildman–Crippen MR) is 166 cm³/mol. The Hall–Kier alpha value is -4.99. The fourth-order valence-electron chi connectivity index (χ4n) is 4.18. The quantitative estimate of drug-likeness (QED) is 0.244. The highest BCUT2D eigenvalue weighted by Gasteiger charge is 2.29. The zero-order chi connectivity index (χ0) is 31.7. The molecule has 0 bridgehead atoms. The van der Waals surface area contributed by atoms with Crippen molar-refractivity contribution in [3.05, 3.63) is 108 Å². The highest BCUT2D eigenvalue weighted by molar-refractivity contribution is 6.37. The number of carbonyl (C=O) groups is 5. The van der Waals surface area contributed by atoms with Gasteiger partial charge in [-0.25, -0.2) is 9.59 Å². The maximum atomic E-state index is 13.8. The summed E-state index contributed by atoms with van der Waals surface area (Å²) in [5, 5.41) is 5.14. The van der Waals surface area contributed by atoms with E-state index in [2.05, 4.69) is 10.6 Å². The maximum Gasteiger partial charge on any atom is 0.407 e. The van der Waals surface area contributed by atoms with E-state index in [-0.39, 0.29) is 45.1 Å². The van der Waals surface area contributed by atoms with Crippen molar-refractivity contribution in [1.82, 2.24) is 20.4 Å². The van der Waals surface area contributed by atoms with Crippen molar-refractivity contribution >= 4 is 29.7 Å². The zero-order valence-corrected chi connectivity index (χ0v) is 25.2. The highest BCUT2D eigenvalue weighted by atomic mass is 16.5. The average Bonchev–Trinajstić information content (AvgIpc) is 3.03. The summed E-state index contributed by atoms with van der Waals surface area (Å²) < 4.78 is 5.19. The molecule has 10 heteroatoms. The summed E-state index contributed by atoms with van der Waals surface area (Å²) in [6, 6.07) is 26.7. The Kier molecular flexibility index (Phi) is 13.6. The van der Waals surface area contributed by atoms with E-state index in [0.29, 0.717) is 6.42 Å². The molecule has 44 heavy (non-hydrogen) atoms. The molecule has 3 aromatic carbocycles. The molecule has 10 nitrogen and oxygen atoms in total. The first-order valence-electron chi connectivity index (χ1n) is 14.7. The molecule has 0 aliphatic heterocycles. The lowest BCUT2D eigenvalue weighted by Crippen LogP contribution is -2.50. The van der Waals surface area contributed by atoms with E-state index in [1.54, 1.807) is 24.3 Å². The number of hydrogen-bond donors (Lipinski definition) is 2. The largest absolute Gasteiger partial charge is 0.445 e. The minimum Gasteiger partial charge on any atom is -0.445 e. The molecule has 0 aliphatic rings. The summed E-state index contributed by atoms with van der Waals surface area (Å²) >= 11 is 0. The molecule has 0 saturated heterocycles. The van der Waals surface area contributed by atoms with Crippen molar-refractivity contribution in [2.75, 3.05) is 19.6 Å². The molecule has 0 aromatic heterocycles. The number of urea groups is 1. The Labute approximate surface area is 258 Å². The van der Waals surface area contributed by atoms with Gasteiger partial charge in [0.05, 0.1) is 6.54 Å². The number of ether oxygens (including phenoxy) is 1. The minimum atomic E-state index is -0.821. The summed E-state index contributed by atoms with van der Waals surface area (Å²) in [6.45, 7) is 3.78.